The number of sulfonamides is 1. The van der Waals surface area contributed by atoms with Gasteiger partial charge < -0.3 is 24.3 Å². The van der Waals surface area contributed by atoms with Crippen LogP contribution in [0.15, 0.2) is 23.2 Å². The van der Waals surface area contributed by atoms with Gasteiger partial charge in [-0.3, -0.25) is 4.79 Å². The molecule has 1 aromatic heterocycles. The third-order valence-corrected chi connectivity index (χ3v) is 7.48. The van der Waals surface area contributed by atoms with Gasteiger partial charge in [0.1, 0.15) is 4.90 Å². The van der Waals surface area contributed by atoms with E-state index in [1.165, 1.54) is 22.7 Å². The first-order valence-corrected chi connectivity index (χ1v) is 12.1. The van der Waals surface area contributed by atoms with Crippen molar-refractivity contribution < 1.29 is 40.7 Å². The second-order valence-electron chi connectivity index (χ2n) is 8.69. The minimum Gasteiger partial charge on any atom is -0.489 e. The predicted molar refractivity (Wildman–Crippen MR) is 116 cm³/mol. The molecule has 14 heteroatoms. The Labute approximate surface area is 199 Å². The number of ether oxygens (including phenoxy) is 2. The number of amides is 2. The third-order valence-electron chi connectivity index (χ3n) is 6.01. The summed E-state index contributed by atoms with van der Waals surface area (Å²) in [6, 6.07) is 0.500. The summed E-state index contributed by atoms with van der Waals surface area (Å²) >= 11 is 0. The Hall–Kier alpha value is -3.26. The summed E-state index contributed by atoms with van der Waals surface area (Å²) in [7, 11) is -2.81. The van der Waals surface area contributed by atoms with E-state index < -0.39 is 50.9 Å². The van der Waals surface area contributed by atoms with E-state index in [4.69, 9.17) is 9.47 Å². The van der Waals surface area contributed by atoms with Gasteiger partial charge in [0.05, 0.1) is 19.3 Å². The topological polar surface area (TPSA) is 119 Å². The number of aryl methyl sites for hydroxylation is 1. The van der Waals surface area contributed by atoms with E-state index in [1.807, 2.05) is 0 Å². The summed E-state index contributed by atoms with van der Waals surface area (Å²) in [5, 5.41) is 2.23. The molecule has 1 fully saturated rings. The molecule has 0 aliphatic carbocycles. The molecule has 3 heterocycles. The van der Waals surface area contributed by atoms with Gasteiger partial charge in [0.25, 0.3) is 5.91 Å². The molecule has 35 heavy (non-hydrogen) atoms. The summed E-state index contributed by atoms with van der Waals surface area (Å²) < 4.78 is 81.4. The molecular formula is C21H23F3N4O6S. The van der Waals surface area contributed by atoms with Crippen LogP contribution in [0.5, 0.6) is 5.75 Å². The molecule has 2 unspecified atom stereocenters. The van der Waals surface area contributed by atoms with Crippen molar-refractivity contribution in [3.05, 3.63) is 41.5 Å². The zero-order valence-electron chi connectivity index (χ0n) is 19.0. The van der Waals surface area contributed by atoms with Crippen molar-refractivity contribution in [2.24, 2.45) is 12.5 Å². The van der Waals surface area contributed by atoms with Gasteiger partial charge in [-0.05, 0) is 6.92 Å². The van der Waals surface area contributed by atoms with Crippen LogP contribution in [0, 0.1) is 22.9 Å². The Bertz CT molecular complexity index is 1290. The highest BCUT2D eigenvalue weighted by molar-refractivity contribution is 7.89. The first-order valence-electron chi connectivity index (χ1n) is 10.6. The summed E-state index contributed by atoms with van der Waals surface area (Å²) in [5.74, 6) is -5.90. The summed E-state index contributed by atoms with van der Waals surface area (Å²) in [6.07, 6.45) is 0.580. The van der Waals surface area contributed by atoms with Crippen molar-refractivity contribution in [2.75, 3.05) is 31.6 Å². The van der Waals surface area contributed by atoms with Crippen molar-refractivity contribution in [1.82, 2.24) is 14.2 Å². The van der Waals surface area contributed by atoms with Gasteiger partial charge in [0.2, 0.25) is 10.0 Å². The lowest BCUT2D eigenvalue weighted by Gasteiger charge is -2.32. The van der Waals surface area contributed by atoms with E-state index in [9.17, 15) is 31.2 Å². The van der Waals surface area contributed by atoms with Crippen molar-refractivity contribution in [3.63, 3.8) is 0 Å². The predicted octanol–water partition coefficient (Wildman–Crippen LogP) is 2.21. The largest absolute Gasteiger partial charge is 0.489 e. The molecule has 10 nitrogen and oxygen atoms in total. The lowest BCUT2D eigenvalue weighted by Crippen LogP contribution is -2.49. The zero-order chi connectivity index (χ0) is 25.7. The van der Waals surface area contributed by atoms with Gasteiger partial charge in [0.15, 0.2) is 28.9 Å². The van der Waals surface area contributed by atoms with Crippen LogP contribution in [0.3, 0.4) is 0 Å². The number of fused-ring (bicyclic) bond motifs is 2. The highest BCUT2D eigenvalue weighted by Gasteiger charge is 2.50. The average Bonchev–Trinajstić information content (AvgIpc) is 3.27. The van der Waals surface area contributed by atoms with Gasteiger partial charge in [-0.2, -0.15) is 0 Å². The van der Waals surface area contributed by atoms with Gasteiger partial charge >= 0.3 is 6.09 Å². The van der Waals surface area contributed by atoms with Crippen LogP contribution in [0.4, 0.5) is 23.7 Å². The highest BCUT2D eigenvalue weighted by atomic mass is 32.2. The maximum absolute atomic E-state index is 13.6. The Balaban J connectivity index is 1.67. The third kappa shape index (κ3) is 4.43. The summed E-state index contributed by atoms with van der Waals surface area (Å²) in [6.45, 7) is 3.68. The number of anilines is 1. The molecule has 2 aliphatic heterocycles. The number of nitrogens with one attached hydrogen (secondary N) is 2. The Morgan fingerprint density at radius 1 is 1.29 bits per heavy atom. The molecule has 0 saturated carbocycles. The Morgan fingerprint density at radius 3 is 2.57 bits per heavy atom. The number of likely N-dealkylation sites (tertiary alicyclic amines) is 1. The zero-order valence-corrected chi connectivity index (χ0v) is 19.8. The molecule has 2 N–H and O–H groups in total. The van der Waals surface area contributed by atoms with Crippen LogP contribution in [0.1, 0.15) is 24.3 Å². The first kappa shape index (κ1) is 24.9. The van der Waals surface area contributed by atoms with E-state index in [2.05, 4.69) is 10.0 Å². The number of halogens is 3. The molecule has 0 spiro atoms. The van der Waals surface area contributed by atoms with Crippen molar-refractivity contribution in [1.29, 1.82) is 0 Å². The first-order chi connectivity index (χ1) is 16.4. The second-order valence-corrected chi connectivity index (χ2v) is 10.4. The Kier molecular flexibility index (Phi) is 6.21. The fraction of sp³-hybridized carbons (Fsp3) is 0.429. The summed E-state index contributed by atoms with van der Waals surface area (Å²) in [4.78, 5) is 26.2. The van der Waals surface area contributed by atoms with Gasteiger partial charge in [-0.15, -0.1) is 0 Å². The Morgan fingerprint density at radius 2 is 1.94 bits per heavy atom. The molecule has 2 aromatic rings. The molecule has 1 aromatic carbocycles. The number of rotatable bonds is 3. The van der Waals surface area contributed by atoms with Crippen LogP contribution in [-0.2, 0) is 21.8 Å². The van der Waals surface area contributed by atoms with Crippen LogP contribution < -0.4 is 14.8 Å². The van der Waals surface area contributed by atoms with Crippen molar-refractivity contribution >= 4 is 27.7 Å². The van der Waals surface area contributed by atoms with Crippen LogP contribution in [0.2, 0.25) is 0 Å². The highest BCUT2D eigenvalue weighted by Crippen LogP contribution is 2.39. The lowest BCUT2D eigenvalue weighted by molar-refractivity contribution is 0.0994. The molecule has 2 aliphatic rings. The maximum Gasteiger partial charge on any atom is 0.409 e. The number of hydrogen-bond donors (Lipinski definition) is 2. The molecular weight excluding hydrogens is 493 g/mol. The van der Waals surface area contributed by atoms with Gasteiger partial charge in [-0.1, -0.05) is 6.92 Å². The number of carbonyl (C=O) groups excluding carboxylic acids is 2. The lowest BCUT2D eigenvalue weighted by atomic mass is 9.87. The molecule has 0 bridgehead atoms. The van der Waals surface area contributed by atoms with Crippen molar-refractivity contribution in [3.8, 4) is 5.75 Å². The number of carbonyl (C=O) groups is 2. The quantitative estimate of drug-likeness (QED) is 0.604. The van der Waals surface area contributed by atoms with E-state index in [1.54, 1.807) is 13.8 Å². The summed E-state index contributed by atoms with van der Waals surface area (Å²) in [5.41, 5.74) is -1.47. The van der Waals surface area contributed by atoms with Crippen molar-refractivity contribution in [2.45, 2.75) is 24.8 Å². The fourth-order valence-corrected chi connectivity index (χ4v) is 5.76. The van der Waals surface area contributed by atoms with Gasteiger partial charge in [-0.25, -0.2) is 31.1 Å². The van der Waals surface area contributed by atoms with E-state index in [0.717, 1.165) is 0 Å². The smallest absolute Gasteiger partial charge is 0.409 e. The minimum absolute atomic E-state index is 0.0623. The molecule has 0 radical (unpaired) electrons. The standard InChI is InChI=1S/C21H23F3N4O6S/c1-4-33-20(30)28-8-15-21(2,9-28)10-34-18-14(35(31,32)26-15)7-27(3)17(18)19(29)25-11-5-12(22)16(24)13(23)6-11/h5-7,15,26H,4,8-10H2,1-3H3,(H,25,29). The van der Waals surface area contributed by atoms with E-state index in [0.29, 0.717) is 12.1 Å². The van der Waals surface area contributed by atoms with E-state index >= 15 is 0 Å². The molecule has 1 saturated heterocycles. The normalized spacial score (nSPS) is 22.9. The second kappa shape index (κ2) is 8.75. The van der Waals surface area contributed by atoms with E-state index in [-0.39, 0.29) is 48.3 Å². The number of aromatic nitrogens is 1. The number of nitrogens with zero attached hydrogens (tertiary/aromatic N) is 2. The molecule has 4 rings (SSSR count). The monoisotopic (exact) mass is 516 g/mol. The molecule has 2 atom stereocenters. The molecule has 2 amide bonds. The average molecular weight is 516 g/mol. The maximum atomic E-state index is 13.6. The minimum atomic E-state index is -4.21. The number of benzene rings is 1. The number of hydrogen-bond acceptors (Lipinski definition) is 6. The van der Waals surface area contributed by atoms with Crippen LogP contribution in [0.25, 0.3) is 0 Å². The fourth-order valence-electron chi connectivity index (χ4n) is 4.21. The SMILES string of the molecule is CCOC(=O)N1CC2NS(=O)(=O)c3cn(C)c(C(=O)Nc4cc(F)c(F)c(F)c4)c3OCC2(C)C1. The van der Waals surface area contributed by atoms with Crippen LogP contribution >= 0.6 is 0 Å². The van der Waals surface area contributed by atoms with Crippen LogP contribution in [-0.4, -0.2) is 62.2 Å². The van der Waals surface area contributed by atoms with Gasteiger partial charge in [0, 0.05) is 49.6 Å². The molecule has 190 valence electrons.